The van der Waals surface area contributed by atoms with Crippen LogP contribution in [0.3, 0.4) is 0 Å². The highest BCUT2D eigenvalue weighted by molar-refractivity contribution is 6.21. The number of rotatable bonds is 5. The van der Waals surface area contributed by atoms with Crippen LogP contribution >= 0.6 is 0 Å². The van der Waals surface area contributed by atoms with E-state index in [4.69, 9.17) is 23.9 Å². The number of methoxy groups -OCH3 is 1. The summed E-state index contributed by atoms with van der Waals surface area (Å²) in [4.78, 5) is 12.4. The second-order valence-corrected chi connectivity index (χ2v) is 6.69. The summed E-state index contributed by atoms with van der Waals surface area (Å²) in [5, 5.41) is 9.84. The molecule has 0 bridgehead atoms. The van der Waals surface area contributed by atoms with E-state index in [0.717, 1.165) is 17.6 Å². The minimum Gasteiger partial charge on any atom is -0.488 e. The van der Waals surface area contributed by atoms with Crippen molar-refractivity contribution in [2.45, 2.75) is 12.5 Å². The molecule has 1 fully saturated rings. The van der Waals surface area contributed by atoms with Crippen LogP contribution in [0.5, 0.6) is 5.75 Å². The first kappa shape index (κ1) is 18.8. The van der Waals surface area contributed by atoms with E-state index < -0.39 is 5.97 Å². The molecule has 146 valence electrons. The lowest BCUT2D eigenvalue weighted by atomic mass is 10.0. The molecule has 6 heteroatoms. The van der Waals surface area contributed by atoms with Crippen molar-refractivity contribution in [2.24, 2.45) is 0 Å². The Bertz CT molecular complexity index is 1100. The molecule has 0 aliphatic carbocycles. The highest BCUT2D eigenvalue weighted by Crippen LogP contribution is 2.27. The standard InChI is InChI=1S/C23H19NO5/c1-26-23(25)21(12-20-11-17-10-15(13-24)2-7-22(17)29-20)16-3-5-18(6-4-16)28-19-8-9-27-14-19/h2-7,10-12,19H,8-9,14H2,1H3. The molecule has 1 atom stereocenters. The van der Waals surface area contributed by atoms with E-state index in [1.807, 2.05) is 24.3 Å². The molecule has 2 heterocycles. The third kappa shape index (κ3) is 4.15. The van der Waals surface area contributed by atoms with E-state index in [1.54, 1.807) is 30.3 Å². The maximum absolute atomic E-state index is 12.4. The van der Waals surface area contributed by atoms with Gasteiger partial charge in [-0.05, 0) is 48.0 Å². The zero-order valence-electron chi connectivity index (χ0n) is 15.9. The van der Waals surface area contributed by atoms with Crippen LogP contribution in [0.1, 0.15) is 23.3 Å². The fourth-order valence-corrected chi connectivity index (χ4v) is 3.23. The Labute approximate surface area is 167 Å². The van der Waals surface area contributed by atoms with Crippen LogP contribution in [-0.4, -0.2) is 32.4 Å². The van der Waals surface area contributed by atoms with E-state index in [2.05, 4.69) is 6.07 Å². The van der Waals surface area contributed by atoms with E-state index in [1.165, 1.54) is 7.11 Å². The zero-order valence-corrected chi connectivity index (χ0v) is 15.9. The molecule has 0 amide bonds. The number of nitriles is 1. The van der Waals surface area contributed by atoms with Gasteiger partial charge in [-0.25, -0.2) is 4.79 Å². The molecule has 1 saturated heterocycles. The maximum atomic E-state index is 12.4. The van der Waals surface area contributed by atoms with Crippen LogP contribution in [0, 0.1) is 11.3 Å². The van der Waals surface area contributed by atoms with E-state index in [-0.39, 0.29) is 6.10 Å². The molecular formula is C23H19NO5. The summed E-state index contributed by atoms with van der Waals surface area (Å²) < 4.78 is 21.9. The van der Waals surface area contributed by atoms with Gasteiger partial charge in [0.15, 0.2) is 0 Å². The lowest BCUT2D eigenvalue weighted by Crippen LogP contribution is -2.15. The zero-order chi connectivity index (χ0) is 20.2. The van der Waals surface area contributed by atoms with Crippen molar-refractivity contribution in [1.82, 2.24) is 0 Å². The summed E-state index contributed by atoms with van der Waals surface area (Å²) in [6.07, 6.45) is 2.57. The van der Waals surface area contributed by atoms with Gasteiger partial charge in [-0.15, -0.1) is 0 Å². The highest BCUT2D eigenvalue weighted by Gasteiger charge is 2.18. The van der Waals surface area contributed by atoms with Crippen LogP contribution in [-0.2, 0) is 14.3 Å². The molecule has 4 rings (SSSR count). The number of hydrogen-bond acceptors (Lipinski definition) is 6. The van der Waals surface area contributed by atoms with Crippen molar-refractivity contribution >= 4 is 28.6 Å². The van der Waals surface area contributed by atoms with Gasteiger partial charge in [-0.1, -0.05) is 12.1 Å². The number of furan rings is 1. The van der Waals surface area contributed by atoms with E-state index in [9.17, 15) is 4.79 Å². The predicted octanol–water partition coefficient (Wildman–Crippen LogP) is 4.19. The van der Waals surface area contributed by atoms with Gasteiger partial charge in [0.1, 0.15) is 23.2 Å². The second-order valence-electron chi connectivity index (χ2n) is 6.69. The average molecular weight is 389 g/mol. The molecule has 6 nitrogen and oxygen atoms in total. The van der Waals surface area contributed by atoms with Crippen molar-refractivity contribution in [3.05, 3.63) is 65.4 Å². The molecule has 1 unspecified atom stereocenters. The summed E-state index contributed by atoms with van der Waals surface area (Å²) >= 11 is 0. The first-order valence-electron chi connectivity index (χ1n) is 9.25. The normalized spacial score (nSPS) is 16.6. The van der Waals surface area contributed by atoms with Crippen molar-refractivity contribution in [3.63, 3.8) is 0 Å². The molecule has 1 aromatic heterocycles. The van der Waals surface area contributed by atoms with Crippen molar-refractivity contribution < 1.29 is 23.4 Å². The third-order valence-corrected chi connectivity index (χ3v) is 4.71. The number of nitrogens with zero attached hydrogens (tertiary/aromatic N) is 1. The number of carbonyl (C=O) groups excluding carboxylic acids is 1. The van der Waals surface area contributed by atoms with Gasteiger partial charge in [-0.2, -0.15) is 5.26 Å². The Hall–Kier alpha value is -3.56. The van der Waals surface area contributed by atoms with Crippen molar-refractivity contribution in [1.29, 1.82) is 5.26 Å². The van der Waals surface area contributed by atoms with Crippen LogP contribution in [0.4, 0.5) is 0 Å². The molecule has 0 spiro atoms. The molecule has 0 radical (unpaired) electrons. The fourth-order valence-electron chi connectivity index (χ4n) is 3.23. The van der Waals surface area contributed by atoms with Gasteiger partial charge in [0.05, 0.1) is 37.5 Å². The van der Waals surface area contributed by atoms with Gasteiger partial charge in [-0.3, -0.25) is 0 Å². The molecule has 1 aliphatic rings. The predicted molar refractivity (Wildman–Crippen MR) is 107 cm³/mol. The van der Waals surface area contributed by atoms with Crippen molar-refractivity contribution in [2.75, 3.05) is 20.3 Å². The number of esters is 1. The molecular weight excluding hydrogens is 370 g/mol. The Balaban J connectivity index is 1.63. The van der Waals surface area contributed by atoms with Gasteiger partial charge >= 0.3 is 5.97 Å². The summed E-state index contributed by atoms with van der Waals surface area (Å²) in [6, 6.07) is 16.3. The third-order valence-electron chi connectivity index (χ3n) is 4.71. The minimum absolute atomic E-state index is 0.0605. The van der Waals surface area contributed by atoms with Gasteiger partial charge < -0.3 is 18.6 Å². The largest absolute Gasteiger partial charge is 0.488 e. The lowest BCUT2D eigenvalue weighted by Gasteiger charge is -2.12. The molecule has 29 heavy (non-hydrogen) atoms. The summed E-state index contributed by atoms with van der Waals surface area (Å²) in [7, 11) is 1.34. The summed E-state index contributed by atoms with van der Waals surface area (Å²) in [5.74, 6) is 0.751. The number of fused-ring (bicyclic) bond motifs is 1. The van der Waals surface area contributed by atoms with Crippen LogP contribution < -0.4 is 4.74 Å². The molecule has 0 saturated carbocycles. The Morgan fingerprint density at radius 1 is 1.21 bits per heavy atom. The van der Waals surface area contributed by atoms with Crippen LogP contribution in [0.25, 0.3) is 22.6 Å². The summed E-state index contributed by atoms with van der Waals surface area (Å²) in [5.41, 5.74) is 2.24. The van der Waals surface area contributed by atoms with E-state index >= 15 is 0 Å². The number of hydrogen-bond donors (Lipinski definition) is 0. The summed E-state index contributed by atoms with van der Waals surface area (Å²) in [6.45, 7) is 1.31. The van der Waals surface area contributed by atoms with Gasteiger partial charge in [0.25, 0.3) is 0 Å². The smallest absolute Gasteiger partial charge is 0.338 e. The average Bonchev–Trinajstić information content (AvgIpc) is 3.40. The van der Waals surface area contributed by atoms with Gasteiger partial charge in [0, 0.05) is 11.8 Å². The fraction of sp³-hybridized carbons (Fsp3) is 0.217. The number of ether oxygens (including phenoxy) is 3. The first-order chi connectivity index (χ1) is 14.2. The minimum atomic E-state index is -0.471. The molecule has 0 N–H and O–H groups in total. The van der Waals surface area contributed by atoms with Crippen LogP contribution in [0.2, 0.25) is 0 Å². The number of benzene rings is 2. The van der Waals surface area contributed by atoms with E-state index in [0.29, 0.717) is 41.3 Å². The second kappa shape index (κ2) is 8.21. The van der Waals surface area contributed by atoms with Crippen LogP contribution in [0.15, 0.2) is 52.9 Å². The lowest BCUT2D eigenvalue weighted by molar-refractivity contribution is -0.133. The Morgan fingerprint density at radius 3 is 2.72 bits per heavy atom. The van der Waals surface area contributed by atoms with Crippen molar-refractivity contribution in [3.8, 4) is 11.8 Å². The quantitative estimate of drug-likeness (QED) is 0.481. The molecule has 3 aromatic rings. The topological polar surface area (TPSA) is 81.7 Å². The maximum Gasteiger partial charge on any atom is 0.338 e. The molecule has 2 aromatic carbocycles. The highest BCUT2D eigenvalue weighted by atomic mass is 16.5. The monoisotopic (exact) mass is 389 g/mol. The number of carbonyl (C=O) groups is 1. The Kier molecular flexibility index (Phi) is 5.32. The first-order valence-corrected chi connectivity index (χ1v) is 9.25. The SMILES string of the molecule is COC(=O)C(=Cc1cc2cc(C#N)ccc2o1)c1ccc(OC2CCOC2)cc1. The Morgan fingerprint density at radius 2 is 2.03 bits per heavy atom. The molecule has 1 aliphatic heterocycles. The van der Waals surface area contributed by atoms with Gasteiger partial charge in [0.2, 0.25) is 0 Å².